The molecule has 18 heavy (non-hydrogen) atoms. The third-order valence-electron chi connectivity index (χ3n) is 3.33. The van der Waals surface area contributed by atoms with Crippen molar-refractivity contribution in [3.63, 3.8) is 0 Å². The third-order valence-corrected chi connectivity index (χ3v) is 4.90. The van der Waals surface area contributed by atoms with Gasteiger partial charge in [0.25, 0.3) is 0 Å². The second-order valence-corrected chi connectivity index (χ2v) is 6.88. The fourth-order valence-electron chi connectivity index (χ4n) is 2.24. The molecule has 1 aliphatic heterocycles. The SMILES string of the molecule is Cc1cc(Br)cc(C)c1CNSC1CCOCC1. The molecule has 0 unspecified atom stereocenters. The molecule has 2 rings (SSSR count). The molecule has 1 aliphatic rings. The Kier molecular flexibility index (Phi) is 5.55. The van der Waals surface area contributed by atoms with Gasteiger partial charge in [0.1, 0.15) is 0 Å². The van der Waals surface area contributed by atoms with Gasteiger partial charge in [-0.05, 0) is 55.5 Å². The van der Waals surface area contributed by atoms with Gasteiger partial charge in [-0.2, -0.15) is 0 Å². The molecule has 4 heteroatoms. The van der Waals surface area contributed by atoms with Gasteiger partial charge in [-0.15, -0.1) is 0 Å². The van der Waals surface area contributed by atoms with Gasteiger partial charge in [-0.25, -0.2) is 0 Å². The first-order chi connectivity index (χ1) is 8.66. The van der Waals surface area contributed by atoms with Crippen LogP contribution in [-0.4, -0.2) is 18.5 Å². The van der Waals surface area contributed by atoms with Crippen molar-refractivity contribution in [2.45, 2.75) is 38.5 Å². The molecule has 1 aromatic carbocycles. The summed E-state index contributed by atoms with van der Waals surface area (Å²) in [5.41, 5.74) is 4.11. The van der Waals surface area contributed by atoms with Crippen LogP contribution in [0.1, 0.15) is 29.5 Å². The van der Waals surface area contributed by atoms with Crippen LogP contribution in [0, 0.1) is 13.8 Å². The van der Waals surface area contributed by atoms with E-state index in [1.807, 2.05) is 11.9 Å². The molecule has 0 radical (unpaired) electrons. The van der Waals surface area contributed by atoms with Gasteiger partial charge in [-0.1, -0.05) is 27.9 Å². The Bertz CT molecular complexity index is 382. The van der Waals surface area contributed by atoms with Crippen molar-refractivity contribution < 1.29 is 4.74 Å². The molecule has 0 aromatic heterocycles. The highest BCUT2D eigenvalue weighted by atomic mass is 79.9. The Morgan fingerprint density at radius 3 is 2.50 bits per heavy atom. The smallest absolute Gasteiger partial charge is 0.0477 e. The van der Waals surface area contributed by atoms with Crippen molar-refractivity contribution in [2.75, 3.05) is 13.2 Å². The second kappa shape index (κ2) is 6.94. The second-order valence-electron chi connectivity index (χ2n) is 4.77. The number of ether oxygens (including phenoxy) is 1. The van der Waals surface area contributed by atoms with E-state index in [1.54, 1.807) is 0 Å². The maximum atomic E-state index is 5.37. The Morgan fingerprint density at radius 1 is 1.28 bits per heavy atom. The molecule has 0 aliphatic carbocycles. The molecule has 0 bridgehead atoms. The zero-order chi connectivity index (χ0) is 13.0. The molecule has 100 valence electrons. The van der Waals surface area contributed by atoms with Crippen LogP contribution in [0.4, 0.5) is 0 Å². The predicted octanol–water partition coefficient (Wildman–Crippen LogP) is 3.98. The van der Waals surface area contributed by atoms with Crippen LogP contribution in [0.5, 0.6) is 0 Å². The van der Waals surface area contributed by atoms with Crippen LogP contribution in [0.25, 0.3) is 0 Å². The standard InChI is InChI=1S/C14H20BrNOS/c1-10-7-12(15)8-11(2)14(10)9-16-18-13-3-5-17-6-4-13/h7-8,13,16H,3-6,9H2,1-2H3. The Morgan fingerprint density at radius 2 is 1.89 bits per heavy atom. The fraction of sp³-hybridized carbons (Fsp3) is 0.571. The minimum Gasteiger partial charge on any atom is -0.381 e. The summed E-state index contributed by atoms with van der Waals surface area (Å²) >= 11 is 5.41. The first-order valence-electron chi connectivity index (χ1n) is 6.38. The highest BCUT2D eigenvalue weighted by molar-refractivity contribution is 9.10. The van der Waals surface area contributed by atoms with E-state index in [4.69, 9.17) is 4.74 Å². The molecular weight excluding hydrogens is 310 g/mol. The van der Waals surface area contributed by atoms with Crippen LogP contribution in [0.2, 0.25) is 0 Å². The van der Waals surface area contributed by atoms with E-state index in [0.29, 0.717) is 5.25 Å². The van der Waals surface area contributed by atoms with Gasteiger partial charge in [0.15, 0.2) is 0 Å². The summed E-state index contributed by atoms with van der Waals surface area (Å²) in [5, 5.41) is 0.704. The normalized spacial score (nSPS) is 17.1. The maximum Gasteiger partial charge on any atom is 0.0477 e. The van der Waals surface area contributed by atoms with Gasteiger partial charge in [0.2, 0.25) is 0 Å². The van der Waals surface area contributed by atoms with Crippen molar-refractivity contribution in [1.29, 1.82) is 0 Å². The topological polar surface area (TPSA) is 21.3 Å². The number of benzene rings is 1. The number of halogens is 1. The molecule has 1 saturated heterocycles. The maximum absolute atomic E-state index is 5.37. The van der Waals surface area contributed by atoms with Crippen LogP contribution in [0.15, 0.2) is 16.6 Å². The Balaban J connectivity index is 1.86. The van der Waals surface area contributed by atoms with Gasteiger partial charge in [-0.3, -0.25) is 4.72 Å². The van der Waals surface area contributed by atoms with Crippen LogP contribution >= 0.6 is 27.9 Å². The molecule has 1 N–H and O–H groups in total. The monoisotopic (exact) mass is 329 g/mol. The lowest BCUT2D eigenvalue weighted by Crippen LogP contribution is -2.21. The quantitative estimate of drug-likeness (QED) is 0.844. The summed E-state index contributed by atoms with van der Waals surface area (Å²) in [6.45, 7) is 7.11. The number of aryl methyl sites for hydroxylation is 2. The lowest BCUT2D eigenvalue weighted by atomic mass is 10.0. The van der Waals surface area contributed by atoms with Crippen LogP contribution in [0.3, 0.4) is 0 Å². The molecule has 0 saturated carbocycles. The lowest BCUT2D eigenvalue weighted by Gasteiger charge is -2.22. The molecule has 0 spiro atoms. The van der Waals surface area contributed by atoms with Crippen LogP contribution in [-0.2, 0) is 11.3 Å². The first kappa shape index (κ1) is 14.4. The average molecular weight is 330 g/mol. The minimum absolute atomic E-state index is 0.704. The molecule has 0 atom stereocenters. The summed E-state index contributed by atoms with van der Waals surface area (Å²) in [5.74, 6) is 0. The van der Waals surface area contributed by atoms with Crippen molar-refractivity contribution in [3.05, 3.63) is 33.3 Å². The highest BCUT2D eigenvalue weighted by Gasteiger charge is 2.14. The number of nitrogens with one attached hydrogen (secondary N) is 1. The third kappa shape index (κ3) is 3.98. The van der Waals surface area contributed by atoms with E-state index in [0.717, 1.165) is 32.6 Å². The molecule has 2 nitrogen and oxygen atoms in total. The van der Waals surface area contributed by atoms with Crippen molar-refractivity contribution >= 4 is 27.9 Å². The largest absolute Gasteiger partial charge is 0.381 e. The molecular formula is C14H20BrNOS. The molecule has 1 heterocycles. The summed E-state index contributed by atoms with van der Waals surface area (Å²) < 4.78 is 10.1. The summed E-state index contributed by atoms with van der Waals surface area (Å²) in [4.78, 5) is 0. The number of hydrogen-bond acceptors (Lipinski definition) is 3. The van der Waals surface area contributed by atoms with E-state index in [9.17, 15) is 0 Å². The fourth-order valence-corrected chi connectivity index (χ4v) is 3.82. The van der Waals surface area contributed by atoms with E-state index in [2.05, 4.69) is 46.6 Å². The Hall–Kier alpha value is -0.0300. The van der Waals surface area contributed by atoms with Crippen molar-refractivity contribution in [3.8, 4) is 0 Å². The van der Waals surface area contributed by atoms with E-state index in [-0.39, 0.29) is 0 Å². The predicted molar refractivity (Wildman–Crippen MR) is 81.9 cm³/mol. The zero-order valence-corrected chi connectivity index (χ0v) is 13.4. The zero-order valence-electron chi connectivity index (χ0n) is 11.0. The highest BCUT2D eigenvalue weighted by Crippen LogP contribution is 2.23. The molecule has 1 aromatic rings. The van der Waals surface area contributed by atoms with Crippen LogP contribution < -0.4 is 4.72 Å². The van der Waals surface area contributed by atoms with Gasteiger partial charge >= 0.3 is 0 Å². The Labute approximate surface area is 122 Å². The summed E-state index contributed by atoms with van der Waals surface area (Å²) in [7, 11) is 0. The first-order valence-corrected chi connectivity index (χ1v) is 8.06. The lowest BCUT2D eigenvalue weighted by molar-refractivity contribution is 0.0999. The van der Waals surface area contributed by atoms with E-state index in [1.165, 1.54) is 21.2 Å². The molecule has 1 fully saturated rings. The van der Waals surface area contributed by atoms with E-state index >= 15 is 0 Å². The number of rotatable bonds is 4. The number of hydrogen-bond donors (Lipinski definition) is 1. The van der Waals surface area contributed by atoms with E-state index < -0.39 is 0 Å². The summed E-state index contributed by atoms with van der Waals surface area (Å²) in [6.07, 6.45) is 2.33. The summed E-state index contributed by atoms with van der Waals surface area (Å²) in [6, 6.07) is 4.37. The minimum atomic E-state index is 0.704. The van der Waals surface area contributed by atoms with Gasteiger partial charge in [0.05, 0.1) is 0 Å². The average Bonchev–Trinajstić information content (AvgIpc) is 2.34. The van der Waals surface area contributed by atoms with Gasteiger partial charge < -0.3 is 4.74 Å². The van der Waals surface area contributed by atoms with Crippen molar-refractivity contribution in [1.82, 2.24) is 4.72 Å². The molecule has 0 amide bonds. The van der Waals surface area contributed by atoms with Gasteiger partial charge in [0, 0.05) is 29.5 Å². The van der Waals surface area contributed by atoms with Crippen molar-refractivity contribution in [2.24, 2.45) is 0 Å².